The topological polar surface area (TPSA) is 191 Å². The fourth-order valence-corrected chi connectivity index (χ4v) is 12.5. The number of aromatic nitrogens is 8. The second-order valence-corrected chi connectivity index (χ2v) is 27.2. The first kappa shape index (κ1) is 71.6. The number of amides is 2. The van der Waals surface area contributed by atoms with Gasteiger partial charge in [0.2, 0.25) is 11.9 Å². The lowest BCUT2D eigenvalue weighted by molar-refractivity contribution is -0.138. The van der Waals surface area contributed by atoms with Gasteiger partial charge in [0.25, 0.3) is 0 Å². The molecule has 4 fully saturated rings. The molecule has 4 saturated heterocycles. The molecule has 10 rings (SSSR count). The van der Waals surface area contributed by atoms with Crippen LogP contribution in [0.1, 0.15) is 157 Å². The third-order valence-electron chi connectivity index (χ3n) is 16.8. The number of likely N-dealkylation sites (tertiary alicyclic amines) is 2. The summed E-state index contributed by atoms with van der Waals surface area (Å²) in [7, 11) is -0.350. The molecule has 2 aromatic carbocycles. The van der Waals surface area contributed by atoms with Gasteiger partial charge in [0, 0.05) is 126 Å². The van der Waals surface area contributed by atoms with Crippen LogP contribution in [0.25, 0.3) is 11.1 Å². The molecule has 6 aromatic rings. The number of benzene rings is 2. The summed E-state index contributed by atoms with van der Waals surface area (Å²) in [6.45, 7) is 24.2. The molecule has 1 N–H and O–H groups in total. The van der Waals surface area contributed by atoms with Crippen LogP contribution in [0.3, 0.4) is 0 Å². The van der Waals surface area contributed by atoms with Crippen LogP contribution in [-0.4, -0.2) is 135 Å². The minimum Gasteiger partial charge on any atom is -0.447 e. The highest BCUT2D eigenvalue weighted by molar-refractivity contribution is 9.10. The first-order chi connectivity index (χ1) is 43.2. The summed E-state index contributed by atoms with van der Waals surface area (Å²) < 4.78 is 112. The van der Waals surface area contributed by atoms with E-state index in [-0.39, 0.29) is 108 Å². The van der Waals surface area contributed by atoms with E-state index in [1.165, 1.54) is 18.6 Å². The van der Waals surface area contributed by atoms with Gasteiger partial charge in [-0.25, -0.2) is 34.2 Å². The number of H-pyrrole nitrogens is 1. The Morgan fingerprint density at radius 2 is 1.12 bits per heavy atom. The number of halogens is 9. The van der Waals surface area contributed by atoms with Crippen molar-refractivity contribution in [1.29, 1.82) is 0 Å². The molecule has 4 aromatic heterocycles. The molecular formula is C63H80BBrCl2F6N12O7. The molecule has 0 bridgehead atoms. The van der Waals surface area contributed by atoms with E-state index in [0.717, 1.165) is 60.3 Å². The summed E-state index contributed by atoms with van der Waals surface area (Å²) in [6, 6.07) is 6.13. The zero-order chi connectivity index (χ0) is 67.2. The Hall–Kier alpha value is -6.26. The van der Waals surface area contributed by atoms with Gasteiger partial charge in [-0.15, -0.1) is 0 Å². The van der Waals surface area contributed by atoms with Crippen LogP contribution in [-0.2, 0) is 49.0 Å². The minimum atomic E-state index is -4.53. The van der Waals surface area contributed by atoms with Crippen LogP contribution >= 0.6 is 39.1 Å². The van der Waals surface area contributed by atoms with E-state index in [0.29, 0.717) is 53.2 Å². The molecule has 500 valence electrons. The molecule has 0 saturated carbocycles. The molecule has 3 unspecified atom stereocenters. The average molecular weight is 1390 g/mol. The molecule has 4 aliphatic heterocycles. The van der Waals surface area contributed by atoms with Gasteiger partial charge in [0.05, 0.1) is 45.2 Å². The lowest BCUT2D eigenvalue weighted by Crippen LogP contribution is -2.55. The average Bonchev–Trinajstić information content (AvgIpc) is 1.20. The summed E-state index contributed by atoms with van der Waals surface area (Å²) in [5, 5.41) is 11.1. The Morgan fingerprint density at radius 1 is 0.674 bits per heavy atom. The van der Waals surface area contributed by atoms with Crippen molar-refractivity contribution in [3.05, 3.63) is 123 Å². The number of alkyl halides is 6. The van der Waals surface area contributed by atoms with Crippen LogP contribution in [0, 0.1) is 0 Å². The van der Waals surface area contributed by atoms with Crippen LogP contribution in [0.2, 0.25) is 10.0 Å². The second-order valence-electron chi connectivity index (χ2n) is 25.4. The Labute approximate surface area is 551 Å². The van der Waals surface area contributed by atoms with Crippen molar-refractivity contribution in [2.75, 3.05) is 16.4 Å². The van der Waals surface area contributed by atoms with Gasteiger partial charge in [-0.1, -0.05) is 23.2 Å². The van der Waals surface area contributed by atoms with Gasteiger partial charge in [-0.05, 0) is 191 Å². The molecule has 19 nitrogen and oxygen atoms in total. The van der Waals surface area contributed by atoms with Crippen molar-refractivity contribution < 1.29 is 59.5 Å². The quantitative estimate of drug-likeness (QED) is 0.0848. The van der Waals surface area contributed by atoms with Crippen LogP contribution in [0.4, 0.5) is 47.8 Å². The molecule has 92 heavy (non-hydrogen) atoms. The maximum absolute atomic E-state index is 13.5. The molecule has 0 aliphatic carbocycles. The second kappa shape index (κ2) is 30.0. The molecular weight excluding hydrogens is 1310 g/mol. The molecule has 7 atom stereocenters. The van der Waals surface area contributed by atoms with E-state index < -0.39 is 23.5 Å². The molecule has 4 aliphatic rings. The largest absolute Gasteiger partial charge is 0.498 e. The number of hydrogen-bond donors (Lipinski definition) is 1. The van der Waals surface area contributed by atoms with E-state index in [1.54, 1.807) is 74.7 Å². The van der Waals surface area contributed by atoms with Crippen LogP contribution in [0.5, 0.6) is 0 Å². The van der Waals surface area contributed by atoms with E-state index in [9.17, 15) is 35.9 Å². The summed E-state index contributed by atoms with van der Waals surface area (Å²) in [5.74, 6) is 0.757. The van der Waals surface area contributed by atoms with Gasteiger partial charge in [0.15, 0.2) is 0 Å². The molecule has 0 spiro atoms. The van der Waals surface area contributed by atoms with Crippen LogP contribution in [0.15, 0.2) is 90.4 Å². The maximum Gasteiger partial charge on any atom is 0.498 e. The van der Waals surface area contributed by atoms with Gasteiger partial charge in [0.1, 0.15) is 6.23 Å². The first-order valence-corrected chi connectivity index (χ1v) is 32.3. The van der Waals surface area contributed by atoms with E-state index >= 15 is 0 Å². The minimum absolute atomic E-state index is 0.000939. The third kappa shape index (κ3) is 18.4. The number of nitrogens with one attached hydrogen (secondary N) is 1. The third-order valence-corrected chi connectivity index (χ3v) is 17.6. The summed E-state index contributed by atoms with van der Waals surface area (Å²) in [6.07, 6.45) is 9.05. The van der Waals surface area contributed by atoms with E-state index in [4.69, 9.17) is 46.7 Å². The molecule has 2 amide bonds. The Kier molecular flexibility index (Phi) is 23.3. The predicted molar refractivity (Wildman–Crippen MR) is 342 cm³/mol. The first-order valence-electron chi connectivity index (χ1n) is 30.7. The van der Waals surface area contributed by atoms with Crippen molar-refractivity contribution in [3.63, 3.8) is 0 Å². The van der Waals surface area contributed by atoms with Gasteiger partial charge < -0.3 is 43.1 Å². The van der Waals surface area contributed by atoms with Gasteiger partial charge in [-0.3, -0.25) is 5.10 Å². The number of nitrogens with zero attached hydrogens (tertiary/aromatic N) is 11. The number of hydrogen-bond acceptors (Lipinski definition) is 15. The zero-order valence-corrected chi connectivity index (χ0v) is 56.7. The highest BCUT2D eigenvalue weighted by Gasteiger charge is 2.52. The fourth-order valence-electron chi connectivity index (χ4n) is 11.8. The van der Waals surface area contributed by atoms with E-state index in [1.807, 2.05) is 54.6 Å². The Morgan fingerprint density at radius 3 is 1.51 bits per heavy atom. The Bertz CT molecular complexity index is 3360. The van der Waals surface area contributed by atoms with Crippen molar-refractivity contribution in [3.8, 4) is 11.1 Å². The zero-order valence-electron chi connectivity index (χ0n) is 53.6. The SMILES string of the molecule is CC(C)OC(=O)N1[C@H](C)CC(N(Cc2cc(Cl)cc(C(F)(F)F)c2)c2ncc(-c3cn[nH]c3)cn2)C[C@@H]1C.CC(C)OC(=O)N1[C@H](C)CC(N(Cc2cc(Cl)cc(C(F)(F)F)c2)c2ncc(Br)cn2)C[C@@H]1C.CC1(C)OB(c2cnn(C3CCCCO3)c2)OC1(C)C. The van der Waals surface area contributed by atoms with Gasteiger partial charge in [-0.2, -0.15) is 36.5 Å². The number of rotatable bonds is 13. The highest BCUT2D eigenvalue weighted by atomic mass is 79.9. The summed E-state index contributed by atoms with van der Waals surface area (Å²) in [5.41, 5.74) is 1.04. The van der Waals surface area contributed by atoms with Crippen molar-refractivity contribution >= 4 is 75.8 Å². The number of piperidine rings is 2. The summed E-state index contributed by atoms with van der Waals surface area (Å²) in [4.78, 5) is 50.5. The normalized spacial score (nSPS) is 22.3. The van der Waals surface area contributed by atoms with E-state index in [2.05, 4.69) is 78.9 Å². The Balaban J connectivity index is 0.000000185. The maximum atomic E-state index is 13.5. The van der Waals surface area contributed by atoms with Gasteiger partial charge >= 0.3 is 31.7 Å². The smallest absolute Gasteiger partial charge is 0.447 e. The number of carbonyl (C=O) groups is 2. The van der Waals surface area contributed by atoms with Crippen molar-refractivity contribution in [2.24, 2.45) is 0 Å². The number of carbonyl (C=O) groups excluding carboxylic acids is 2. The monoisotopic (exact) mass is 1390 g/mol. The summed E-state index contributed by atoms with van der Waals surface area (Å²) >= 11 is 15.4. The van der Waals surface area contributed by atoms with Crippen molar-refractivity contribution in [2.45, 2.75) is 219 Å². The molecule has 29 heteroatoms. The lowest BCUT2D eigenvalue weighted by atomic mass is 9.82. The lowest BCUT2D eigenvalue weighted by Gasteiger charge is -2.45. The fraction of sp³-hybridized carbons (Fsp3) is 0.556. The van der Waals surface area contributed by atoms with Crippen molar-refractivity contribution in [1.82, 2.24) is 49.7 Å². The van der Waals surface area contributed by atoms with Crippen LogP contribution < -0.4 is 15.3 Å². The standard InChI is InChI=1S/C26H30ClF3N6O2.C23H27BrClF3N4O2.C14H23BN2O3/c1-15(2)38-25(37)36-16(3)5-23(6-17(36)4)35(14-18-7-21(26(28,29)30)9-22(27)8-18)24-31-10-19(11-32-24)20-12-33-34-13-20;1-13(2)34-22(33)32-14(3)5-20(6-15(32)4)31(21-29-10-18(24)11-30-21)12-16-7-17(23(26,27)28)9-19(25)8-16;1-13(2)14(3,4)20-15(19-13)11-9-16-17(10-11)12-7-5-6-8-18-12/h7-13,15-17,23H,5-6,14H2,1-4H3,(H,33,34);7-11,13-15,20H,5-6,12H2,1-4H3;9-10,12H,5-8H2,1-4H3/t16-,17+,23?;14-,15+,20?;. The number of anilines is 2. The number of ether oxygens (including phenoxy) is 3. The predicted octanol–water partition coefficient (Wildman–Crippen LogP) is 14.9. The number of aromatic amines is 1. The molecule has 8 heterocycles. The highest BCUT2D eigenvalue weighted by Crippen LogP contribution is 2.39. The molecule has 0 radical (unpaired) electrons.